The van der Waals surface area contributed by atoms with E-state index in [2.05, 4.69) is 5.32 Å². The maximum atomic E-state index is 12.9. The van der Waals surface area contributed by atoms with Crippen LogP contribution >= 0.6 is 0 Å². The fraction of sp³-hybridized carbons (Fsp3) is 0.812. The van der Waals surface area contributed by atoms with Crippen LogP contribution in [0.25, 0.3) is 0 Å². The Hall–Kier alpha value is -1.79. The molecule has 4 amide bonds. The quantitative estimate of drug-likeness (QED) is 0.760. The van der Waals surface area contributed by atoms with E-state index in [1.807, 2.05) is 27.7 Å². The maximum absolute atomic E-state index is 12.9. The van der Waals surface area contributed by atoms with E-state index in [-0.39, 0.29) is 18.5 Å². The standard InChI is InChI=1S/C16H30N4O3/c1-5-8-20(11-12(17)21)14(22)13(16(2,3)4)18-15(23)19-9-6-7-10-19/h13H,5-11H2,1-4H3,(H2,17,21)(H,18,23)/t13-/m1/s1. The Bertz CT molecular complexity index is 439. The van der Waals surface area contributed by atoms with Gasteiger partial charge in [0.1, 0.15) is 6.04 Å². The van der Waals surface area contributed by atoms with E-state index in [4.69, 9.17) is 5.73 Å². The van der Waals surface area contributed by atoms with Crippen LogP contribution in [-0.2, 0) is 9.59 Å². The fourth-order valence-corrected chi connectivity index (χ4v) is 2.69. The first-order chi connectivity index (χ1) is 10.7. The number of amides is 4. The summed E-state index contributed by atoms with van der Waals surface area (Å²) in [4.78, 5) is 39.6. The molecule has 0 aliphatic carbocycles. The van der Waals surface area contributed by atoms with Crippen molar-refractivity contribution >= 4 is 17.8 Å². The molecule has 1 atom stereocenters. The first-order valence-electron chi connectivity index (χ1n) is 8.29. The van der Waals surface area contributed by atoms with Crippen LogP contribution in [0.2, 0.25) is 0 Å². The molecule has 0 bridgehead atoms. The third-order valence-electron chi connectivity index (χ3n) is 3.93. The van der Waals surface area contributed by atoms with Crippen molar-refractivity contribution in [3.05, 3.63) is 0 Å². The molecule has 0 spiro atoms. The number of rotatable bonds is 6. The molecule has 0 aromatic rings. The van der Waals surface area contributed by atoms with E-state index in [1.165, 1.54) is 4.90 Å². The largest absolute Gasteiger partial charge is 0.368 e. The third kappa shape index (κ3) is 5.73. The molecular weight excluding hydrogens is 296 g/mol. The lowest BCUT2D eigenvalue weighted by molar-refractivity contribution is -0.139. The predicted molar refractivity (Wildman–Crippen MR) is 88.6 cm³/mol. The van der Waals surface area contributed by atoms with Crippen molar-refractivity contribution in [3.8, 4) is 0 Å². The van der Waals surface area contributed by atoms with Gasteiger partial charge in [-0.3, -0.25) is 9.59 Å². The van der Waals surface area contributed by atoms with Crippen LogP contribution in [-0.4, -0.2) is 59.9 Å². The number of nitrogens with two attached hydrogens (primary N) is 1. The summed E-state index contributed by atoms with van der Waals surface area (Å²) in [6.45, 7) is 9.37. The van der Waals surface area contributed by atoms with Gasteiger partial charge in [-0.05, 0) is 24.7 Å². The zero-order valence-electron chi connectivity index (χ0n) is 14.7. The second-order valence-corrected chi connectivity index (χ2v) is 7.17. The summed E-state index contributed by atoms with van der Waals surface area (Å²) in [5.74, 6) is -0.809. The number of carbonyl (C=O) groups is 3. The summed E-state index contributed by atoms with van der Waals surface area (Å²) in [6, 6.07) is -0.909. The van der Waals surface area contributed by atoms with E-state index < -0.39 is 17.4 Å². The lowest BCUT2D eigenvalue weighted by Crippen LogP contribution is -2.58. The fourth-order valence-electron chi connectivity index (χ4n) is 2.69. The van der Waals surface area contributed by atoms with E-state index in [1.54, 1.807) is 4.90 Å². The van der Waals surface area contributed by atoms with Gasteiger partial charge in [0.15, 0.2) is 0 Å². The zero-order valence-corrected chi connectivity index (χ0v) is 14.7. The van der Waals surface area contributed by atoms with Gasteiger partial charge in [0.05, 0.1) is 6.54 Å². The summed E-state index contributed by atoms with van der Waals surface area (Å²) in [5, 5.41) is 2.85. The minimum Gasteiger partial charge on any atom is -0.368 e. The smallest absolute Gasteiger partial charge is 0.318 e. The summed E-state index contributed by atoms with van der Waals surface area (Å²) >= 11 is 0. The number of likely N-dealkylation sites (tertiary alicyclic amines) is 1. The SMILES string of the molecule is CCCN(CC(N)=O)C(=O)[C@@H](NC(=O)N1CCCC1)C(C)(C)C. The molecule has 7 heteroatoms. The Morgan fingerprint density at radius 3 is 2.22 bits per heavy atom. The van der Waals surface area contributed by atoms with E-state index in [0.29, 0.717) is 6.54 Å². The molecule has 1 rings (SSSR count). The van der Waals surface area contributed by atoms with Crippen molar-refractivity contribution < 1.29 is 14.4 Å². The first kappa shape index (κ1) is 19.3. The molecule has 1 fully saturated rings. The molecule has 0 aromatic heterocycles. The summed E-state index contributed by atoms with van der Waals surface area (Å²) in [7, 11) is 0. The highest BCUT2D eigenvalue weighted by molar-refractivity contribution is 5.90. The minimum atomic E-state index is -0.693. The normalized spacial score (nSPS) is 16.1. The van der Waals surface area contributed by atoms with Crippen LogP contribution in [0.4, 0.5) is 4.79 Å². The van der Waals surface area contributed by atoms with Crippen molar-refractivity contribution in [2.24, 2.45) is 11.1 Å². The number of nitrogens with one attached hydrogen (secondary N) is 1. The number of primary amides is 1. The number of hydrogen-bond donors (Lipinski definition) is 2. The average Bonchev–Trinajstić information content (AvgIpc) is 2.95. The molecule has 0 saturated carbocycles. The predicted octanol–water partition coefficient (Wildman–Crippen LogP) is 0.930. The topological polar surface area (TPSA) is 95.7 Å². The molecule has 1 aliphatic heterocycles. The molecule has 0 radical (unpaired) electrons. The van der Waals surface area contributed by atoms with Crippen LogP contribution in [0.15, 0.2) is 0 Å². The Labute approximate surface area is 138 Å². The summed E-state index contributed by atoms with van der Waals surface area (Å²) < 4.78 is 0. The van der Waals surface area contributed by atoms with Crippen LogP contribution in [0.1, 0.15) is 47.0 Å². The van der Waals surface area contributed by atoms with Gasteiger partial charge in [-0.2, -0.15) is 0 Å². The maximum Gasteiger partial charge on any atom is 0.318 e. The summed E-state index contributed by atoms with van der Waals surface area (Å²) in [6.07, 6.45) is 2.70. The van der Waals surface area contributed by atoms with Gasteiger partial charge in [0.25, 0.3) is 0 Å². The molecule has 3 N–H and O–H groups in total. The van der Waals surface area contributed by atoms with Gasteiger partial charge < -0.3 is 20.9 Å². The van der Waals surface area contributed by atoms with Crippen LogP contribution < -0.4 is 11.1 Å². The molecule has 0 unspecified atom stereocenters. The van der Waals surface area contributed by atoms with Gasteiger partial charge in [0, 0.05) is 19.6 Å². The number of carbonyl (C=O) groups excluding carboxylic acids is 3. The van der Waals surface area contributed by atoms with Crippen molar-refractivity contribution in [1.82, 2.24) is 15.1 Å². The number of nitrogens with zero attached hydrogens (tertiary/aromatic N) is 2. The molecule has 7 nitrogen and oxygen atoms in total. The Balaban J connectivity index is 2.88. The Morgan fingerprint density at radius 1 is 1.22 bits per heavy atom. The second kappa shape index (κ2) is 8.17. The Kier molecular flexibility index (Phi) is 6.84. The number of urea groups is 1. The third-order valence-corrected chi connectivity index (χ3v) is 3.93. The second-order valence-electron chi connectivity index (χ2n) is 7.17. The van der Waals surface area contributed by atoms with Crippen LogP contribution in [0.3, 0.4) is 0 Å². The Morgan fingerprint density at radius 2 is 1.78 bits per heavy atom. The van der Waals surface area contributed by atoms with E-state index in [9.17, 15) is 14.4 Å². The lowest BCUT2D eigenvalue weighted by Gasteiger charge is -2.35. The minimum absolute atomic E-state index is 0.126. The van der Waals surface area contributed by atoms with Gasteiger partial charge in [-0.15, -0.1) is 0 Å². The monoisotopic (exact) mass is 326 g/mol. The van der Waals surface area contributed by atoms with Crippen molar-refractivity contribution in [2.45, 2.75) is 53.0 Å². The first-order valence-corrected chi connectivity index (χ1v) is 8.29. The lowest BCUT2D eigenvalue weighted by atomic mass is 9.85. The molecule has 0 aromatic carbocycles. The van der Waals surface area contributed by atoms with Gasteiger partial charge >= 0.3 is 6.03 Å². The molecular formula is C16H30N4O3. The molecule has 1 saturated heterocycles. The highest BCUT2D eigenvalue weighted by atomic mass is 16.2. The molecule has 1 aliphatic rings. The summed E-state index contributed by atoms with van der Waals surface area (Å²) in [5.41, 5.74) is 4.78. The van der Waals surface area contributed by atoms with Gasteiger partial charge in [-0.25, -0.2) is 4.79 Å². The van der Waals surface area contributed by atoms with Crippen molar-refractivity contribution in [1.29, 1.82) is 0 Å². The highest BCUT2D eigenvalue weighted by Crippen LogP contribution is 2.22. The van der Waals surface area contributed by atoms with Crippen molar-refractivity contribution in [2.75, 3.05) is 26.2 Å². The van der Waals surface area contributed by atoms with E-state index in [0.717, 1.165) is 32.4 Å². The van der Waals surface area contributed by atoms with E-state index >= 15 is 0 Å². The zero-order chi connectivity index (χ0) is 17.6. The highest BCUT2D eigenvalue weighted by Gasteiger charge is 2.37. The van der Waals surface area contributed by atoms with Crippen LogP contribution in [0, 0.1) is 5.41 Å². The molecule has 132 valence electrons. The molecule has 1 heterocycles. The van der Waals surface area contributed by atoms with Gasteiger partial charge in [-0.1, -0.05) is 27.7 Å². The van der Waals surface area contributed by atoms with Crippen molar-refractivity contribution in [3.63, 3.8) is 0 Å². The average molecular weight is 326 g/mol. The van der Waals surface area contributed by atoms with Crippen LogP contribution in [0.5, 0.6) is 0 Å². The van der Waals surface area contributed by atoms with Gasteiger partial charge in [0.2, 0.25) is 11.8 Å². The number of hydrogen-bond acceptors (Lipinski definition) is 3. The molecule has 23 heavy (non-hydrogen) atoms.